The molecule has 0 unspecified atom stereocenters. The standard InChI is InChI=1S/C21H23N3O3S/c1-14-15(2)28-20-18(14)19(26)23(12-16-8-4-3-5-9-16)21(27)24(20)13-17(25)22-10-6-7-11-22/h3-5,8-9H,6-7,10-13H2,1-2H3. The number of carbonyl (C=O) groups excluding carboxylic acids is 1. The molecule has 0 radical (unpaired) electrons. The summed E-state index contributed by atoms with van der Waals surface area (Å²) in [6.07, 6.45) is 2.00. The Morgan fingerprint density at radius 1 is 1.04 bits per heavy atom. The quantitative estimate of drug-likeness (QED) is 0.680. The van der Waals surface area contributed by atoms with Gasteiger partial charge in [0.05, 0.1) is 11.9 Å². The molecule has 7 heteroatoms. The topological polar surface area (TPSA) is 64.3 Å². The number of aryl methyl sites for hydroxylation is 2. The van der Waals surface area contributed by atoms with Gasteiger partial charge in [0.25, 0.3) is 5.56 Å². The third kappa shape index (κ3) is 3.20. The average Bonchev–Trinajstić information content (AvgIpc) is 3.32. The van der Waals surface area contributed by atoms with Crippen molar-refractivity contribution in [2.24, 2.45) is 0 Å². The number of carbonyl (C=O) groups is 1. The van der Waals surface area contributed by atoms with Crippen LogP contribution in [0.4, 0.5) is 0 Å². The van der Waals surface area contributed by atoms with Crippen LogP contribution >= 0.6 is 11.3 Å². The highest BCUT2D eigenvalue weighted by Crippen LogP contribution is 2.27. The fourth-order valence-corrected chi connectivity index (χ4v) is 4.89. The number of benzene rings is 1. The SMILES string of the molecule is Cc1sc2c(c1C)c(=O)n(Cc1ccccc1)c(=O)n2CC(=O)N1CCCC1. The minimum Gasteiger partial charge on any atom is -0.341 e. The molecule has 0 N–H and O–H groups in total. The van der Waals surface area contributed by atoms with Crippen LogP contribution in [0.25, 0.3) is 10.2 Å². The van der Waals surface area contributed by atoms with Gasteiger partial charge in [-0.15, -0.1) is 11.3 Å². The molecule has 0 atom stereocenters. The first-order valence-electron chi connectivity index (χ1n) is 9.52. The van der Waals surface area contributed by atoms with E-state index >= 15 is 0 Å². The van der Waals surface area contributed by atoms with E-state index in [-0.39, 0.29) is 24.6 Å². The van der Waals surface area contributed by atoms with Crippen molar-refractivity contribution < 1.29 is 4.79 Å². The number of amides is 1. The first kappa shape index (κ1) is 18.7. The number of fused-ring (bicyclic) bond motifs is 1. The fourth-order valence-electron chi connectivity index (χ4n) is 3.75. The van der Waals surface area contributed by atoms with E-state index in [1.165, 1.54) is 20.5 Å². The van der Waals surface area contributed by atoms with Crippen LogP contribution in [0, 0.1) is 13.8 Å². The Balaban J connectivity index is 1.87. The number of likely N-dealkylation sites (tertiary alicyclic amines) is 1. The summed E-state index contributed by atoms with van der Waals surface area (Å²) in [6, 6.07) is 9.44. The number of rotatable bonds is 4. The molecule has 3 heterocycles. The van der Waals surface area contributed by atoms with Gasteiger partial charge in [-0.05, 0) is 37.8 Å². The van der Waals surface area contributed by atoms with E-state index in [1.807, 2.05) is 44.2 Å². The summed E-state index contributed by atoms with van der Waals surface area (Å²) >= 11 is 1.41. The zero-order chi connectivity index (χ0) is 19.8. The van der Waals surface area contributed by atoms with E-state index in [2.05, 4.69) is 0 Å². The molecule has 1 amide bonds. The molecule has 6 nitrogen and oxygen atoms in total. The number of thiophene rings is 1. The van der Waals surface area contributed by atoms with Gasteiger partial charge in [-0.2, -0.15) is 0 Å². The van der Waals surface area contributed by atoms with Crippen LogP contribution < -0.4 is 11.2 Å². The highest BCUT2D eigenvalue weighted by Gasteiger charge is 2.23. The Kier molecular flexibility index (Phi) is 4.93. The van der Waals surface area contributed by atoms with E-state index in [0.717, 1.165) is 41.9 Å². The summed E-state index contributed by atoms with van der Waals surface area (Å²) in [7, 11) is 0. The average molecular weight is 398 g/mol. The van der Waals surface area contributed by atoms with Crippen molar-refractivity contribution in [3.8, 4) is 0 Å². The first-order chi connectivity index (χ1) is 13.5. The smallest absolute Gasteiger partial charge is 0.332 e. The maximum Gasteiger partial charge on any atom is 0.332 e. The second-order valence-corrected chi connectivity index (χ2v) is 8.50. The molecule has 0 aliphatic carbocycles. The highest BCUT2D eigenvalue weighted by atomic mass is 32.1. The zero-order valence-corrected chi connectivity index (χ0v) is 16.9. The highest BCUT2D eigenvalue weighted by molar-refractivity contribution is 7.18. The molecule has 3 aromatic rings. The van der Waals surface area contributed by atoms with Gasteiger partial charge in [-0.1, -0.05) is 30.3 Å². The lowest BCUT2D eigenvalue weighted by atomic mass is 10.2. The molecule has 1 aliphatic rings. The molecule has 1 aromatic carbocycles. The summed E-state index contributed by atoms with van der Waals surface area (Å²) in [5, 5.41) is 0.548. The van der Waals surface area contributed by atoms with Crippen LogP contribution in [0.5, 0.6) is 0 Å². The Bertz CT molecular complexity index is 1150. The third-order valence-electron chi connectivity index (χ3n) is 5.47. The van der Waals surface area contributed by atoms with Gasteiger partial charge in [-0.3, -0.25) is 18.7 Å². The Morgan fingerprint density at radius 3 is 2.39 bits per heavy atom. The van der Waals surface area contributed by atoms with Crippen LogP contribution in [0.2, 0.25) is 0 Å². The van der Waals surface area contributed by atoms with Gasteiger partial charge in [0.2, 0.25) is 5.91 Å². The van der Waals surface area contributed by atoms with Gasteiger partial charge in [0, 0.05) is 18.0 Å². The van der Waals surface area contributed by atoms with Gasteiger partial charge in [0.1, 0.15) is 11.4 Å². The van der Waals surface area contributed by atoms with E-state index in [0.29, 0.717) is 10.2 Å². The number of aromatic nitrogens is 2. The van der Waals surface area contributed by atoms with Crippen LogP contribution in [0.1, 0.15) is 28.8 Å². The molecule has 28 heavy (non-hydrogen) atoms. The Hall–Kier alpha value is -2.67. The summed E-state index contributed by atoms with van der Waals surface area (Å²) in [5.74, 6) is -0.0606. The largest absolute Gasteiger partial charge is 0.341 e. The van der Waals surface area contributed by atoms with Crippen molar-refractivity contribution in [1.82, 2.24) is 14.0 Å². The minimum atomic E-state index is -0.421. The molecule has 0 saturated carbocycles. The third-order valence-corrected chi connectivity index (χ3v) is 6.70. The molecule has 1 saturated heterocycles. The fraction of sp³-hybridized carbons (Fsp3) is 0.381. The number of hydrogen-bond acceptors (Lipinski definition) is 4. The first-order valence-corrected chi connectivity index (χ1v) is 10.3. The van der Waals surface area contributed by atoms with Crippen LogP contribution in [0.3, 0.4) is 0 Å². The maximum atomic E-state index is 13.2. The van der Waals surface area contributed by atoms with Gasteiger partial charge in [-0.25, -0.2) is 4.79 Å². The van der Waals surface area contributed by atoms with E-state index in [1.54, 1.807) is 4.90 Å². The van der Waals surface area contributed by atoms with E-state index in [4.69, 9.17) is 0 Å². The summed E-state index contributed by atoms with van der Waals surface area (Å²) in [5.41, 5.74) is 1.06. The van der Waals surface area contributed by atoms with Gasteiger partial charge < -0.3 is 4.90 Å². The maximum absolute atomic E-state index is 13.2. The lowest BCUT2D eigenvalue weighted by molar-refractivity contribution is -0.130. The molecule has 2 aromatic heterocycles. The lowest BCUT2D eigenvalue weighted by Crippen LogP contribution is -2.43. The molecular weight excluding hydrogens is 374 g/mol. The van der Waals surface area contributed by atoms with Crippen LogP contribution in [-0.4, -0.2) is 33.0 Å². The predicted molar refractivity (Wildman–Crippen MR) is 111 cm³/mol. The zero-order valence-electron chi connectivity index (χ0n) is 16.1. The second-order valence-electron chi connectivity index (χ2n) is 7.30. The van der Waals surface area contributed by atoms with E-state index in [9.17, 15) is 14.4 Å². The van der Waals surface area contributed by atoms with Gasteiger partial charge >= 0.3 is 5.69 Å². The second kappa shape index (κ2) is 7.39. The molecule has 146 valence electrons. The van der Waals surface area contributed by atoms with Crippen LogP contribution in [-0.2, 0) is 17.9 Å². The van der Waals surface area contributed by atoms with Crippen molar-refractivity contribution in [2.45, 2.75) is 39.8 Å². The molecular formula is C21H23N3O3S. The van der Waals surface area contributed by atoms with E-state index < -0.39 is 5.69 Å². The minimum absolute atomic E-state index is 0.0240. The Morgan fingerprint density at radius 2 is 1.71 bits per heavy atom. The Labute approximate surface area is 166 Å². The van der Waals surface area contributed by atoms with Crippen molar-refractivity contribution in [1.29, 1.82) is 0 Å². The number of hydrogen-bond donors (Lipinski definition) is 0. The summed E-state index contributed by atoms with van der Waals surface area (Å²) in [6.45, 7) is 5.49. The summed E-state index contributed by atoms with van der Waals surface area (Å²) < 4.78 is 2.75. The van der Waals surface area contributed by atoms with Crippen molar-refractivity contribution in [3.05, 3.63) is 67.2 Å². The predicted octanol–water partition coefficient (Wildman–Crippen LogP) is 2.51. The normalized spacial score (nSPS) is 14.1. The van der Waals surface area contributed by atoms with Crippen molar-refractivity contribution in [2.75, 3.05) is 13.1 Å². The molecule has 0 spiro atoms. The van der Waals surface area contributed by atoms with Crippen molar-refractivity contribution in [3.63, 3.8) is 0 Å². The van der Waals surface area contributed by atoms with Crippen molar-refractivity contribution >= 4 is 27.5 Å². The molecule has 4 rings (SSSR count). The molecule has 1 fully saturated rings. The lowest BCUT2D eigenvalue weighted by Gasteiger charge is -2.17. The molecule has 1 aliphatic heterocycles. The van der Waals surface area contributed by atoms with Crippen LogP contribution in [0.15, 0.2) is 39.9 Å². The number of nitrogens with zero attached hydrogens (tertiary/aromatic N) is 3. The monoisotopic (exact) mass is 397 g/mol. The molecule has 0 bridgehead atoms. The van der Waals surface area contributed by atoms with Gasteiger partial charge in [0.15, 0.2) is 0 Å². The summed E-state index contributed by atoms with van der Waals surface area (Å²) in [4.78, 5) is 42.5.